The predicted molar refractivity (Wildman–Crippen MR) is 150 cm³/mol. The summed E-state index contributed by atoms with van der Waals surface area (Å²) >= 11 is 0. The highest BCUT2D eigenvalue weighted by atomic mass is 19.3. The van der Waals surface area contributed by atoms with Crippen molar-refractivity contribution < 1.29 is 39.9 Å². The monoisotopic (exact) mass is 619 g/mol. The van der Waals surface area contributed by atoms with Gasteiger partial charge in [0.1, 0.15) is 11.5 Å². The van der Waals surface area contributed by atoms with Gasteiger partial charge < -0.3 is 14.7 Å². The Morgan fingerprint density at radius 1 is 0.750 bits per heavy atom. The second kappa shape index (κ2) is 12.9. The van der Waals surface area contributed by atoms with Gasteiger partial charge in [0, 0.05) is 58.8 Å². The summed E-state index contributed by atoms with van der Waals surface area (Å²) in [5.41, 5.74) is -0.785. The summed E-state index contributed by atoms with van der Waals surface area (Å²) < 4.78 is 117. The van der Waals surface area contributed by atoms with Crippen LogP contribution < -0.4 is 0 Å². The van der Waals surface area contributed by atoms with Gasteiger partial charge in [-0.15, -0.1) is 0 Å². The Morgan fingerprint density at radius 2 is 1.30 bits per heavy atom. The van der Waals surface area contributed by atoms with Crippen molar-refractivity contribution in [2.75, 3.05) is 7.11 Å². The number of benzene rings is 2. The topological polar surface area (TPSA) is 53.2 Å². The standard InChI is InChI=1S/C32H25F8N3O/c1-44-28-15-26(24-9-4-10-41-24)43-27(28)14-25-16(12-22-18(29(33)34)5-2-6-19(22)30(35)36)11-17(42-25)13-23-20(31(37)38)7-3-8-21(23)32(39)40/h2-11,14-15,29-32,41-42H,12-13H2,1H3/b27-14-. The van der Waals surface area contributed by atoms with E-state index in [4.69, 9.17) is 4.74 Å². The lowest BCUT2D eigenvalue weighted by Gasteiger charge is -2.14. The van der Waals surface area contributed by atoms with Crippen molar-refractivity contribution in [2.45, 2.75) is 38.5 Å². The van der Waals surface area contributed by atoms with Crippen LogP contribution in [0.2, 0.25) is 0 Å². The molecule has 5 rings (SSSR count). The molecule has 0 spiro atoms. The predicted octanol–water partition coefficient (Wildman–Crippen LogP) is 9.65. The van der Waals surface area contributed by atoms with Gasteiger partial charge in [0.15, 0.2) is 0 Å². The minimum Gasteiger partial charge on any atom is -0.494 e. The molecule has 12 heteroatoms. The third-order valence-corrected chi connectivity index (χ3v) is 7.30. The molecule has 0 aliphatic carbocycles. The van der Waals surface area contributed by atoms with Crippen molar-refractivity contribution in [3.63, 3.8) is 0 Å². The highest BCUT2D eigenvalue weighted by Gasteiger charge is 2.25. The quantitative estimate of drug-likeness (QED) is 0.161. The van der Waals surface area contributed by atoms with E-state index >= 15 is 0 Å². The van der Waals surface area contributed by atoms with Crippen molar-refractivity contribution in [3.05, 3.63) is 134 Å². The van der Waals surface area contributed by atoms with Crippen molar-refractivity contribution in [3.8, 4) is 0 Å². The van der Waals surface area contributed by atoms with E-state index in [-0.39, 0.29) is 28.1 Å². The summed E-state index contributed by atoms with van der Waals surface area (Å²) in [5.74, 6) is 0.334. The molecule has 0 radical (unpaired) electrons. The van der Waals surface area contributed by atoms with Crippen LogP contribution in [-0.2, 0) is 17.6 Å². The molecule has 2 N–H and O–H groups in total. The third kappa shape index (κ3) is 6.34. The number of hydrogen-bond acceptors (Lipinski definition) is 2. The highest BCUT2D eigenvalue weighted by Crippen LogP contribution is 2.36. The van der Waals surface area contributed by atoms with E-state index < -0.39 is 60.8 Å². The van der Waals surface area contributed by atoms with Gasteiger partial charge in [0.25, 0.3) is 25.7 Å². The lowest BCUT2D eigenvalue weighted by atomic mass is 9.94. The lowest BCUT2D eigenvalue weighted by Crippen LogP contribution is -2.03. The Bertz CT molecular complexity index is 1670. The van der Waals surface area contributed by atoms with E-state index in [1.54, 1.807) is 24.4 Å². The molecule has 2 aromatic heterocycles. The van der Waals surface area contributed by atoms with Gasteiger partial charge in [-0.3, -0.25) is 0 Å². The molecule has 0 atom stereocenters. The largest absolute Gasteiger partial charge is 0.494 e. The van der Waals surface area contributed by atoms with Gasteiger partial charge in [-0.25, -0.2) is 40.1 Å². The molecule has 44 heavy (non-hydrogen) atoms. The van der Waals surface area contributed by atoms with Crippen LogP contribution in [-0.4, -0.2) is 22.8 Å². The van der Waals surface area contributed by atoms with Crippen LogP contribution >= 0.6 is 0 Å². The zero-order valence-corrected chi connectivity index (χ0v) is 23.0. The fourth-order valence-corrected chi connectivity index (χ4v) is 5.25. The summed E-state index contributed by atoms with van der Waals surface area (Å²) in [6, 6.07) is 11.4. The number of aromatic amines is 2. The number of methoxy groups -OCH3 is 1. The molecule has 2 aromatic carbocycles. The number of alkyl halides is 8. The van der Waals surface area contributed by atoms with Crippen molar-refractivity contribution in [2.24, 2.45) is 4.99 Å². The summed E-state index contributed by atoms with van der Waals surface area (Å²) in [6.45, 7) is 0. The van der Waals surface area contributed by atoms with Gasteiger partial charge in [-0.05, 0) is 41.0 Å². The van der Waals surface area contributed by atoms with Crippen molar-refractivity contribution in [1.82, 2.24) is 9.97 Å². The maximum absolute atomic E-state index is 14.0. The molecular weight excluding hydrogens is 594 g/mol. The Balaban J connectivity index is 1.65. The number of H-pyrrole nitrogens is 2. The minimum absolute atomic E-state index is 0.185. The fraction of sp³-hybridized carbons (Fsp3) is 0.219. The SMILES string of the molecule is COC1=CC(c2ccc[nH]2)=N/C1=C\c1[nH]c(Cc2c(C(F)F)cccc2C(F)F)cc1Cc1c(C(F)F)cccc1C(F)F. The summed E-state index contributed by atoms with van der Waals surface area (Å²) in [4.78, 5) is 10.6. The zero-order chi connectivity index (χ0) is 31.5. The normalized spacial score (nSPS) is 14.4. The molecule has 0 saturated heterocycles. The van der Waals surface area contributed by atoms with E-state index in [0.717, 1.165) is 36.4 Å². The van der Waals surface area contributed by atoms with Crippen molar-refractivity contribution in [1.29, 1.82) is 0 Å². The van der Waals surface area contributed by atoms with Crippen LogP contribution in [0.15, 0.2) is 83.3 Å². The second-order valence-corrected chi connectivity index (χ2v) is 9.94. The number of rotatable bonds is 11. The van der Waals surface area contributed by atoms with Crippen LogP contribution in [0.25, 0.3) is 6.08 Å². The van der Waals surface area contributed by atoms with Gasteiger partial charge in [0.05, 0.1) is 18.5 Å². The zero-order valence-electron chi connectivity index (χ0n) is 23.0. The second-order valence-electron chi connectivity index (χ2n) is 9.94. The van der Waals surface area contributed by atoms with E-state index in [1.807, 2.05) is 0 Å². The van der Waals surface area contributed by atoms with Gasteiger partial charge in [-0.1, -0.05) is 36.4 Å². The number of ether oxygens (including phenoxy) is 1. The number of nitrogens with zero attached hydrogens (tertiary/aromatic N) is 1. The number of aromatic nitrogens is 2. The van der Waals surface area contributed by atoms with Gasteiger partial charge in [0.2, 0.25) is 0 Å². The molecule has 1 aliphatic heterocycles. The third-order valence-electron chi connectivity index (χ3n) is 7.30. The molecule has 0 bridgehead atoms. The maximum atomic E-state index is 14.0. The molecule has 4 aromatic rings. The van der Waals surface area contributed by atoms with Gasteiger partial charge in [-0.2, -0.15) is 0 Å². The highest BCUT2D eigenvalue weighted by molar-refractivity contribution is 6.11. The first kappa shape index (κ1) is 30.8. The smallest absolute Gasteiger partial charge is 0.264 e. The Morgan fingerprint density at radius 3 is 1.77 bits per heavy atom. The molecule has 0 fully saturated rings. The molecule has 4 nitrogen and oxygen atoms in total. The molecule has 230 valence electrons. The first-order chi connectivity index (χ1) is 21.1. The Kier molecular flexibility index (Phi) is 9.07. The first-order valence-corrected chi connectivity index (χ1v) is 13.3. The maximum Gasteiger partial charge on any atom is 0.264 e. The Hall–Kier alpha value is -4.61. The summed E-state index contributed by atoms with van der Waals surface area (Å²) in [5, 5.41) is 0. The average Bonchev–Trinajstić information content (AvgIpc) is 3.73. The number of aliphatic imine (C=N–C) groups is 1. The summed E-state index contributed by atoms with van der Waals surface area (Å²) in [7, 11) is 1.41. The number of nitrogens with one attached hydrogen (secondary N) is 2. The van der Waals surface area contributed by atoms with Crippen LogP contribution in [0.1, 0.15) is 81.7 Å². The van der Waals surface area contributed by atoms with Crippen molar-refractivity contribution >= 4 is 11.8 Å². The van der Waals surface area contributed by atoms with E-state index in [1.165, 1.54) is 19.3 Å². The van der Waals surface area contributed by atoms with Crippen LogP contribution in [0.4, 0.5) is 35.1 Å². The Labute approximate surface area is 246 Å². The number of hydrogen-bond donors (Lipinski definition) is 2. The molecule has 0 unspecified atom stereocenters. The number of allylic oxidation sites excluding steroid dienone is 1. The molecular formula is C32H25F8N3O. The fourth-order valence-electron chi connectivity index (χ4n) is 5.25. The van der Waals surface area contributed by atoms with Crippen LogP contribution in [0.5, 0.6) is 0 Å². The van der Waals surface area contributed by atoms with E-state index in [0.29, 0.717) is 22.9 Å². The van der Waals surface area contributed by atoms with Crippen LogP contribution in [0.3, 0.4) is 0 Å². The van der Waals surface area contributed by atoms with Gasteiger partial charge >= 0.3 is 0 Å². The molecule has 0 saturated carbocycles. The van der Waals surface area contributed by atoms with E-state index in [9.17, 15) is 35.1 Å². The average molecular weight is 620 g/mol. The number of halogens is 8. The lowest BCUT2D eigenvalue weighted by molar-refractivity contribution is 0.141. The minimum atomic E-state index is -3.05. The molecule has 1 aliphatic rings. The molecule has 3 heterocycles. The molecule has 0 amide bonds. The summed E-state index contributed by atoms with van der Waals surface area (Å²) in [6.07, 6.45) is -8.13. The van der Waals surface area contributed by atoms with E-state index in [2.05, 4.69) is 15.0 Å². The first-order valence-electron chi connectivity index (χ1n) is 13.3. The van der Waals surface area contributed by atoms with Crippen LogP contribution in [0, 0.1) is 0 Å².